The van der Waals surface area contributed by atoms with Gasteiger partial charge in [-0.2, -0.15) is 13.2 Å². The minimum absolute atomic E-state index is 0.170. The van der Waals surface area contributed by atoms with E-state index in [-0.39, 0.29) is 10.8 Å². The van der Waals surface area contributed by atoms with E-state index in [1.807, 2.05) is 0 Å². The second-order valence-corrected chi connectivity index (χ2v) is 5.03. The summed E-state index contributed by atoms with van der Waals surface area (Å²) in [5.74, 6) is -1.36. The number of aromatic hydroxyl groups is 1. The number of hydrogen-bond donors (Lipinski definition) is 1. The maximum Gasteiger partial charge on any atom is 0.417 e. The van der Waals surface area contributed by atoms with Crippen molar-refractivity contribution in [1.82, 2.24) is 0 Å². The fourth-order valence-corrected chi connectivity index (χ4v) is 2.24. The predicted octanol–water partition coefficient (Wildman–Crippen LogP) is 5.42. The number of nitro groups is 1. The van der Waals surface area contributed by atoms with Crippen LogP contribution in [0.1, 0.15) is 5.56 Å². The van der Waals surface area contributed by atoms with Crippen LogP contribution in [0.3, 0.4) is 0 Å². The van der Waals surface area contributed by atoms with Crippen molar-refractivity contribution < 1.29 is 27.9 Å². The number of rotatable bonds is 3. The van der Waals surface area contributed by atoms with Crippen LogP contribution in [0, 0.1) is 10.1 Å². The summed E-state index contributed by atoms with van der Waals surface area (Å²) in [5.41, 5.74) is -1.73. The van der Waals surface area contributed by atoms with Crippen LogP contribution >= 0.6 is 23.2 Å². The van der Waals surface area contributed by atoms with Gasteiger partial charge >= 0.3 is 11.9 Å². The second-order valence-electron chi connectivity index (χ2n) is 4.25. The molecule has 0 heterocycles. The normalized spacial score (nSPS) is 11.3. The Bertz CT molecular complexity index is 781. The SMILES string of the molecule is O=[N+]([O-])c1ccc(Oc2c(Cl)ccc(C(F)(F)F)c2Cl)cc1O. The third-order valence-electron chi connectivity index (χ3n) is 2.72. The van der Waals surface area contributed by atoms with Crippen molar-refractivity contribution in [2.45, 2.75) is 6.18 Å². The lowest BCUT2D eigenvalue weighted by molar-refractivity contribution is -0.385. The average molecular weight is 368 g/mol. The number of phenolic OH excluding ortho intramolecular Hbond substituents is 1. The summed E-state index contributed by atoms with van der Waals surface area (Å²) in [7, 11) is 0. The summed E-state index contributed by atoms with van der Waals surface area (Å²) in [6.45, 7) is 0. The summed E-state index contributed by atoms with van der Waals surface area (Å²) in [4.78, 5) is 9.76. The van der Waals surface area contributed by atoms with Crippen molar-refractivity contribution >= 4 is 28.9 Å². The Morgan fingerprint density at radius 1 is 1.17 bits per heavy atom. The van der Waals surface area contributed by atoms with Crippen LogP contribution in [0.15, 0.2) is 30.3 Å². The van der Waals surface area contributed by atoms with E-state index < -0.39 is 38.9 Å². The van der Waals surface area contributed by atoms with Gasteiger partial charge in [-0.1, -0.05) is 23.2 Å². The predicted molar refractivity (Wildman–Crippen MR) is 76.3 cm³/mol. The molecule has 0 unspecified atom stereocenters. The summed E-state index contributed by atoms with van der Waals surface area (Å²) < 4.78 is 43.6. The van der Waals surface area contributed by atoms with Crippen molar-refractivity contribution in [3.05, 3.63) is 56.1 Å². The number of alkyl halides is 3. The third kappa shape index (κ3) is 3.59. The molecular weight excluding hydrogens is 362 g/mol. The van der Waals surface area contributed by atoms with Crippen LogP contribution in [0.4, 0.5) is 18.9 Å². The van der Waals surface area contributed by atoms with Gasteiger partial charge in [-0.25, -0.2) is 0 Å². The van der Waals surface area contributed by atoms with Gasteiger partial charge in [0.15, 0.2) is 11.5 Å². The summed E-state index contributed by atoms with van der Waals surface area (Å²) in [5, 5.41) is 19.1. The van der Waals surface area contributed by atoms with E-state index in [0.717, 1.165) is 24.3 Å². The maximum absolute atomic E-state index is 12.8. The van der Waals surface area contributed by atoms with Crippen LogP contribution in [0.2, 0.25) is 10.0 Å². The van der Waals surface area contributed by atoms with Crippen LogP contribution in [-0.4, -0.2) is 10.0 Å². The first-order valence-electron chi connectivity index (χ1n) is 5.81. The van der Waals surface area contributed by atoms with E-state index >= 15 is 0 Å². The Hall–Kier alpha value is -2.19. The first kappa shape index (κ1) is 17.2. The molecule has 0 aliphatic rings. The van der Waals surface area contributed by atoms with E-state index in [2.05, 4.69) is 0 Å². The molecule has 0 aromatic heterocycles. The van der Waals surface area contributed by atoms with Gasteiger partial charge in [-0.15, -0.1) is 0 Å². The molecule has 0 fully saturated rings. The van der Waals surface area contributed by atoms with Gasteiger partial charge in [0.2, 0.25) is 0 Å². The zero-order valence-electron chi connectivity index (χ0n) is 10.9. The minimum atomic E-state index is -4.71. The van der Waals surface area contributed by atoms with Crippen molar-refractivity contribution in [2.75, 3.05) is 0 Å². The van der Waals surface area contributed by atoms with E-state index in [0.29, 0.717) is 6.07 Å². The molecule has 2 rings (SSSR count). The zero-order valence-corrected chi connectivity index (χ0v) is 12.4. The van der Waals surface area contributed by atoms with Gasteiger partial charge in [0.05, 0.1) is 20.5 Å². The number of hydrogen-bond acceptors (Lipinski definition) is 4. The third-order valence-corrected chi connectivity index (χ3v) is 3.39. The summed E-state index contributed by atoms with van der Waals surface area (Å²) in [6, 6.07) is 4.54. The van der Waals surface area contributed by atoms with Gasteiger partial charge in [-0.05, 0) is 18.2 Å². The van der Waals surface area contributed by atoms with Gasteiger partial charge in [0, 0.05) is 12.1 Å². The number of benzene rings is 2. The van der Waals surface area contributed by atoms with Gasteiger partial charge in [0.25, 0.3) is 0 Å². The molecule has 0 aliphatic carbocycles. The van der Waals surface area contributed by atoms with E-state index in [1.54, 1.807) is 0 Å². The number of nitro benzene ring substituents is 1. The Kier molecular flexibility index (Phi) is 4.58. The Morgan fingerprint density at radius 2 is 1.83 bits per heavy atom. The summed E-state index contributed by atoms with van der Waals surface area (Å²) in [6.07, 6.45) is -4.71. The van der Waals surface area contributed by atoms with Crippen LogP contribution < -0.4 is 4.74 Å². The lowest BCUT2D eigenvalue weighted by Crippen LogP contribution is -2.06. The van der Waals surface area contributed by atoms with Crippen molar-refractivity contribution in [3.8, 4) is 17.2 Å². The highest BCUT2D eigenvalue weighted by Gasteiger charge is 2.35. The van der Waals surface area contributed by atoms with Crippen LogP contribution in [0.25, 0.3) is 0 Å². The molecule has 0 radical (unpaired) electrons. The highest BCUT2D eigenvalue weighted by molar-refractivity contribution is 6.37. The number of ether oxygens (including phenoxy) is 1. The highest BCUT2D eigenvalue weighted by Crippen LogP contribution is 2.45. The molecule has 1 N–H and O–H groups in total. The summed E-state index contributed by atoms with van der Waals surface area (Å²) >= 11 is 11.4. The molecule has 0 saturated carbocycles. The Balaban J connectivity index is 2.45. The quantitative estimate of drug-likeness (QED) is 0.580. The molecule has 10 heteroatoms. The lowest BCUT2D eigenvalue weighted by Gasteiger charge is -2.14. The van der Waals surface area contributed by atoms with Crippen LogP contribution in [0.5, 0.6) is 17.2 Å². The molecule has 23 heavy (non-hydrogen) atoms. The molecule has 0 spiro atoms. The van der Waals surface area contributed by atoms with Crippen molar-refractivity contribution in [2.24, 2.45) is 0 Å². The fraction of sp³-hybridized carbons (Fsp3) is 0.0769. The Labute approximate surface area is 137 Å². The van der Waals surface area contributed by atoms with Crippen molar-refractivity contribution in [1.29, 1.82) is 0 Å². The highest BCUT2D eigenvalue weighted by atomic mass is 35.5. The fourth-order valence-electron chi connectivity index (χ4n) is 1.68. The molecule has 2 aromatic rings. The molecular formula is C13H6Cl2F3NO4. The average Bonchev–Trinajstić information content (AvgIpc) is 2.41. The molecule has 0 bridgehead atoms. The molecule has 0 amide bonds. The van der Waals surface area contributed by atoms with E-state index in [1.165, 1.54) is 0 Å². The first-order chi connectivity index (χ1) is 10.6. The monoisotopic (exact) mass is 367 g/mol. The molecule has 0 saturated heterocycles. The van der Waals surface area contributed by atoms with E-state index in [9.17, 15) is 28.4 Å². The second kappa shape index (κ2) is 6.13. The molecule has 5 nitrogen and oxygen atoms in total. The van der Waals surface area contributed by atoms with Gasteiger partial charge in [-0.3, -0.25) is 10.1 Å². The van der Waals surface area contributed by atoms with Crippen LogP contribution in [-0.2, 0) is 6.18 Å². The molecule has 122 valence electrons. The van der Waals surface area contributed by atoms with Crippen molar-refractivity contribution in [3.63, 3.8) is 0 Å². The standard InChI is InChI=1S/C13H6Cl2F3NO4/c14-8-3-2-7(13(16,17)18)11(15)12(8)23-6-1-4-9(19(21)22)10(20)5-6/h1-5,20H. The minimum Gasteiger partial charge on any atom is -0.502 e. The topological polar surface area (TPSA) is 72.6 Å². The largest absolute Gasteiger partial charge is 0.502 e. The van der Waals surface area contributed by atoms with Gasteiger partial charge < -0.3 is 9.84 Å². The number of nitrogens with zero attached hydrogens (tertiary/aromatic N) is 1. The zero-order chi connectivity index (χ0) is 17.4. The maximum atomic E-state index is 12.8. The Morgan fingerprint density at radius 3 is 2.35 bits per heavy atom. The molecule has 2 aromatic carbocycles. The van der Waals surface area contributed by atoms with Gasteiger partial charge in [0.1, 0.15) is 5.75 Å². The molecule has 0 atom stereocenters. The van der Waals surface area contributed by atoms with E-state index in [4.69, 9.17) is 27.9 Å². The number of halogens is 5. The first-order valence-corrected chi connectivity index (χ1v) is 6.57. The smallest absolute Gasteiger partial charge is 0.417 e. The molecule has 0 aliphatic heterocycles. The lowest BCUT2D eigenvalue weighted by atomic mass is 10.2. The number of phenols is 1.